The first-order valence-corrected chi connectivity index (χ1v) is 8.53. The highest BCUT2D eigenvalue weighted by Crippen LogP contribution is 2.27. The second kappa shape index (κ2) is 7.03. The van der Waals surface area contributed by atoms with Gasteiger partial charge < -0.3 is 15.2 Å². The summed E-state index contributed by atoms with van der Waals surface area (Å²) in [6.45, 7) is 1.35. The molecule has 1 fully saturated rings. The maximum absolute atomic E-state index is 13.6. The van der Waals surface area contributed by atoms with Crippen LogP contribution in [0.15, 0.2) is 34.9 Å². The van der Waals surface area contributed by atoms with Crippen molar-refractivity contribution in [1.29, 1.82) is 0 Å². The molecular weight excluding hydrogens is 380 g/mol. The third-order valence-corrected chi connectivity index (χ3v) is 4.81. The summed E-state index contributed by atoms with van der Waals surface area (Å²) >= 11 is 3.35. The summed E-state index contributed by atoms with van der Waals surface area (Å²) < 4.78 is 29.3. The van der Waals surface area contributed by atoms with E-state index in [-0.39, 0.29) is 17.9 Å². The van der Waals surface area contributed by atoms with Gasteiger partial charge in [-0.25, -0.2) is 8.78 Å². The van der Waals surface area contributed by atoms with Gasteiger partial charge in [-0.15, -0.1) is 0 Å². The number of hydrogen-bond donors (Lipinski definition) is 2. The van der Waals surface area contributed by atoms with E-state index in [4.69, 9.17) is 0 Å². The normalized spacial score (nSPS) is 20.8. The van der Waals surface area contributed by atoms with E-state index in [1.165, 1.54) is 6.07 Å². The summed E-state index contributed by atoms with van der Waals surface area (Å²) in [7, 11) is 1.80. The Labute approximate surface area is 147 Å². The summed E-state index contributed by atoms with van der Waals surface area (Å²) in [6, 6.07) is 5.51. The van der Waals surface area contributed by atoms with Crippen molar-refractivity contribution < 1.29 is 13.6 Å². The highest BCUT2D eigenvalue weighted by atomic mass is 79.9. The number of amides is 1. The largest absolute Gasteiger partial charge is 0.346 e. The summed E-state index contributed by atoms with van der Waals surface area (Å²) in [5.41, 5.74) is 1.24. The minimum absolute atomic E-state index is 0.0611. The lowest BCUT2D eigenvalue weighted by molar-refractivity contribution is 0.0916. The number of aromatic nitrogens is 1. The Kier molecular flexibility index (Phi) is 5.01. The molecule has 2 aromatic rings. The average molecular weight is 398 g/mol. The van der Waals surface area contributed by atoms with Gasteiger partial charge >= 0.3 is 0 Å². The zero-order valence-corrected chi connectivity index (χ0v) is 14.7. The smallest absolute Gasteiger partial charge is 0.268 e. The molecule has 1 saturated heterocycles. The predicted octanol–water partition coefficient (Wildman–Crippen LogP) is 2.94. The Morgan fingerprint density at radius 1 is 1.33 bits per heavy atom. The lowest BCUT2D eigenvalue weighted by Crippen LogP contribution is -2.50. The molecule has 24 heavy (non-hydrogen) atoms. The Hall–Kier alpha value is -1.73. The predicted molar refractivity (Wildman–Crippen MR) is 91.0 cm³/mol. The molecule has 2 heterocycles. The minimum Gasteiger partial charge on any atom is -0.346 e. The fourth-order valence-electron chi connectivity index (χ4n) is 3.14. The molecule has 7 heteroatoms. The Balaban J connectivity index is 1.80. The second-order valence-corrected chi connectivity index (χ2v) is 6.92. The van der Waals surface area contributed by atoms with Gasteiger partial charge in [0.1, 0.15) is 5.69 Å². The van der Waals surface area contributed by atoms with Crippen LogP contribution in [0.4, 0.5) is 8.78 Å². The third kappa shape index (κ3) is 3.52. The van der Waals surface area contributed by atoms with Crippen LogP contribution in [-0.2, 0) is 7.05 Å². The number of hydrogen-bond acceptors (Lipinski definition) is 2. The number of carbonyl (C=O) groups is 1. The van der Waals surface area contributed by atoms with Gasteiger partial charge in [-0.2, -0.15) is 0 Å². The van der Waals surface area contributed by atoms with E-state index >= 15 is 0 Å². The molecule has 4 nitrogen and oxygen atoms in total. The van der Waals surface area contributed by atoms with Gasteiger partial charge in [0.15, 0.2) is 11.6 Å². The molecule has 3 rings (SSSR count). The van der Waals surface area contributed by atoms with Crippen molar-refractivity contribution in [3.8, 4) is 0 Å². The molecule has 0 bridgehead atoms. The van der Waals surface area contributed by atoms with Crippen molar-refractivity contribution in [2.24, 2.45) is 7.05 Å². The number of nitrogens with zero attached hydrogens (tertiary/aromatic N) is 1. The number of aryl methyl sites for hydroxylation is 1. The lowest BCUT2D eigenvalue weighted by atomic mass is 9.86. The van der Waals surface area contributed by atoms with Crippen LogP contribution in [0.1, 0.15) is 28.4 Å². The number of rotatable bonds is 3. The number of piperidine rings is 1. The zero-order valence-electron chi connectivity index (χ0n) is 13.2. The Bertz CT molecular complexity index is 762. The number of halogens is 3. The first-order chi connectivity index (χ1) is 11.5. The third-order valence-electron chi connectivity index (χ3n) is 4.37. The number of benzene rings is 1. The molecule has 1 aliphatic heterocycles. The van der Waals surface area contributed by atoms with Crippen LogP contribution < -0.4 is 10.6 Å². The van der Waals surface area contributed by atoms with E-state index in [2.05, 4.69) is 26.6 Å². The van der Waals surface area contributed by atoms with Gasteiger partial charge in [0, 0.05) is 36.2 Å². The van der Waals surface area contributed by atoms with Crippen molar-refractivity contribution in [1.82, 2.24) is 15.2 Å². The summed E-state index contributed by atoms with van der Waals surface area (Å²) in [5, 5.41) is 6.25. The molecule has 2 unspecified atom stereocenters. The van der Waals surface area contributed by atoms with E-state index < -0.39 is 11.6 Å². The molecule has 1 aromatic heterocycles. The van der Waals surface area contributed by atoms with Gasteiger partial charge in [0.2, 0.25) is 0 Å². The van der Waals surface area contributed by atoms with Gasteiger partial charge in [0.05, 0.1) is 0 Å². The first-order valence-electron chi connectivity index (χ1n) is 7.74. The monoisotopic (exact) mass is 397 g/mol. The molecule has 0 radical (unpaired) electrons. The highest BCUT2D eigenvalue weighted by molar-refractivity contribution is 9.10. The highest BCUT2D eigenvalue weighted by Gasteiger charge is 2.29. The van der Waals surface area contributed by atoms with Crippen LogP contribution in [0, 0.1) is 11.6 Å². The van der Waals surface area contributed by atoms with E-state index in [0.717, 1.165) is 23.5 Å². The minimum atomic E-state index is -0.859. The fraction of sp³-hybridized carbons (Fsp3) is 0.353. The van der Waals surface area contributed by atoms with Crippen molar-refractivity contribution in [2.75, 3.05) is 13.1 Å². The van der Waals surface area contributed by atoms with Crippen LogP contribution in [0.2, 0.25) is 0 Å². The summed E-state index contributed by atoms with van der Waals surface area (Å²) in [4.78, 5) is 12.5. The van der Waals surface area contributed by atoms with Gasteiger partial charge in [-0.3, -0.25) is 4.79 Å². The van der Waals surface area contributed by atoms with Crippen LogP contribution in [-0.4, -0.2) is 29.6 Å². The van der Waals surface area contributed by atoms with Gasteiger partial charge in [-0.1, -0.05) is 6.07 Å². The van der Waals surface area contributed by atoms with Crippen LogP contribution in [0.3, 0.4) is 0 Å². The molecule has 2 atom stereocenters. The molecule has 1 amide bonds. The van der Waals surface area contributed by atoms with Crippen LogP contribution >= 0.6 is 15.9 Å². The topological polar surface area (TPSA) is 46.1 Å². The quantitative estimate of drug-likeness (QED) is 0.836. The van der Waals surface area contributed by atoms with E-state index in [1.807, 2.05) is 0 Å². The molecule has 2 N–H and O–H groups in total. The van der Waals surface area contributed by atoms with Crippen molar-refractivity contribution in [3.63, 3.8) is 0 Å². The van der Waals surface area contributed by atoms with Gasteiger partial charge in [-0.05, 0) is 52.7 Å². The molecule has 0 saturated carbocycles. The molecule has 1 aromatic carbocycles. The second-order valence-electron chi connectivity index (χ2n) is 6.01. The SMILES string of the molecule is Cn1cc(Br)cc1C(=O)NC1CNCCC1c1ccc(F)c(F)c1. The summed E-state index contributed by atoms with van der Waals surface area (Å²) in [5.74, 6) is -1.97. The Morgan fingerprint density at radius 2 is 2.12 bits per heavy atom. The Morgan fingerprint density at radius 3 is 2.79 bits per heavy atom. The molecule has 128 valence electrons. The molecule has 0 spiro atoms. The molecular formula is C17H18BrF2N3O. The number of carbonyl (C=O) groups excluding carboxylic acids is 1. The van der Waals surface area contributed by atoms with E-state index in [1.54, 1.807) is 29.9 Å². The van der Waals surface area contributed by atoms with E-state index in [9.17, 15) is 13.6 Å². The van der Waals surface area contributed by atoms with Crippen LogP contribution in [0.5, 0.6) is 0 Å². The molecule has 1 aliphatic rings. The lowest BCUT2D eigenvalue weighted by Gasteiger charge is -2.33. The number of nitrogens with one attached hydrogen (secondary N) is 2. The zero-order chi connectivity index (χ0) is 17.3. The standard InChI is InChI=1S/C17H18BrF2N3O/c1-23-9-11(18)7-16(23)17(24)22-15-8-21-5-4-12(15)10-2-3-13(19)14(20)6-10/h2-3,6-7,9,12,15,21H,4-5,8H2,1H3,(H,22,24). The van der Waals surface area contributed by atoms with E-state index in [0.29, 0.717) is 17.8 Å². The molecule has 0 aliphatic carbocycles. The van der Waals surface area contributed by atoms with Crippen molar-refractivity contribution in [3.05, 3.63) is 57.8 Å². The van der Waals surface area contributed by atoms with Crippen molar-refractivity contribution >= 4 is 21.8 Å². The fourth-order valence-corrected chi connectivity index (χ4v) is 3.67. The van der Waals surface area contributed by atoms with Gasteiger partial charge in [0.25, 0.3) is 5.91 Å². The average Bonchev–Trinajstić information content (AvgIpc) is 2.89. The van der Waals surface area contributed by atoms with Crippen LogP contribution in [0.25, 0.3) is 0 Å². The first kappa shape index (κ1) is 17.1. The van der Waals surface area contributed by atoms with Crippen molar-refractivity contribution in [2.45, 2.75) is 18.4 Å². The maximum Gasteiger partial charge on any atom is 0.268 e. The summed E-state index contributed by atoms with van der Waals surface area (Å²) in [6.07, 6.45) is 2.55. The maximum atomic E-state index is 13.6.